The smallest absolute Gasteiger partial charge is 0.428 e. The Kier molecular flexibility index (Phi) is 4.99. The van der Waals surface area contributed by atoms with Crippen LogP contribution >= 0.6 is 15.9 Å². The third-order valence-corrected chi connectivity index (χ3v) is 2.14. The molecule has 94 valence electrons. The zero-order chi connectivity index (χ0) is 12.9. The molecule has 0 radical (unpaired) electrons. The molecule has 0 amide bonds. The summed E-state index contributed by atoms with van der Waals surface area (Å²) in [6, 6.07) is 5.55. The summed E-state index contributed by atoms with van der Waals surface area (Å²) in [6.07, 6.45) is -4.94. The van der Waals surface area contributed by atoms with Crippen molar-refractivity contribution in [1.82, 2.24) is 0 Å². The number of ether oxygens (including phenoxy) is 1. The van der Waals surface area contributed by atoms with Gasteiger partial charge in [-0.25, -0.2) is 0 Å². The molecule has 0 aliphatic carbocycles. The van der Waals surface area contributed by atoms with Crippen LogP contribution in [0.4, 0.5) is 17.6 Å². The van der Waals surface area contributed by atoms with Crippen LogP contribution in [0.25, 0.3) is 6.08 Å². The molecular weight excluding hydrogens is 304 g/mol. The summed E-state index contributed by atoms with van der Waals surface area (Å²) in [7, 11) is 0. The first kappa shape index (κ1) is 14.0. The van der Waals surface area contributed by atoms with Crippen molar-refractivity contribution in [2.45, 2.75) is 12.5 Å². The van der Waals surface area contributed by atoms with Gasteiger partial charge in [-0.15, -0.1) is 0 Å². The average Bonchev–Trinajstić information content (AvgIpc) is 2.26. The maximum atomic E-state index is 12.6. The van der Waals surface area contributed by atoms with Crippen molar-refractivity contribution in [3.05, 3.63) is 35.9 Å². The Hall–Kier alpha value is -1.04. The van der Waals surface area contributed by atoms with Crippen LogP contribution in [-0.2, 0) is 0 Å². The Labute approximate surface area is 104 Å². The fourth-order valence-corrected chi connectivity index (χ4v) is 1.25. The molecule has 0 saturated carbocycles. The molecule has 0 atom stereocenters. The van der Waals surface area contributed by atoms with E-state index in [1.165, 1.54) is 18.2 Å². The summed E-state index contributed by atoms with van der Waals surface area (Å²) in [4.78, 5) is 0. The molecule has 0 spiro atoms. The van der Waals surface area contributed by atoms with Gasteiger partial charge >= 0.3 is 12.5 Å². The topological polar surface area (TPSA) is 9.23 Å². The van der Waals surface area contributed by atoms with Gasteiger partial charge in [-0.3, -0.25) is 0 Å². The Morgan fingerprint density at radius 1 is 1.35 bits per heavy atom. The molecule has 1 aromatic rings. The van der Waals surface area contributed by atoms with Gasteiger partial charge < -0.3 is 4.74 Å². The summed E-state index contributed by atoms with van der Waals surface area (Å²) < 4.78 is 53.0. The highest BCUT2D eigenvalue weighted by atomic mass is 79.9. The van der Waals surface area contributed by atoms with E-state index in [-0.39, 0.29) is 5.75 Å². The van der Waals surface area contributed by atoms with Gasteiger partial charge in [0.1, 0.15) is 5.75 Å². The Morgan fingerprint density at radius 3 is 2.65 bits per heavy atom. The Bertz CT molecular complexity index is 393. The molecule has 0 fully saturated rings. The molecular formula is C11H9BrF4O. The number of benzene rings is 1. The van der Waals surface area contributed by atoms with Crippen molar-refractivity contribution in [3.63, 3.8) is 0 Å². The van der Waals surface area contributed by atoms with Crippen molar-refractivity contribution < 1.29 is 22.3 Å². The molecule has 0 aliphatic heterocycles. The predicted octanol–water partition coefficient (Wildman–Crippen LogP) is 4.33. The van der Waals surface area contributed by atoms with Crippen LogP contribution < -0.4 is 4.74 Å². The monoisotopic (exact) mass is 312 g/mol. The predicted molar refractivity (Wildman–Crippen MR) is 60.8 cm³/mol. The number of hydrogen-bond donors (Lipinski definition) is 0. The first-order valence-electron chi connectivity index (χ1n) is 4.63. The Balaban J connectivity index is 2.82. The summed E-state index contributed by atoms with van der Waals surface area (Å²) >= 11 is 3.16. The molecule has 0 saturated heterocycles. The van der Waals surface area contributed by atoms with Crippen molar-refractivity contribution in [2.24, 2.45) is 0 Å². The summed E-state index contributed by atoms with van der Waals surface area (Å²) in [5.41, 5.74) is 0.590. The standard InChI is InChI=1S/C11H9BrF4O/c12-6-2-4-8-3-1-5-9(7-8)17-11(15,16)10(13)14/h1-5,7,10H,6H2. The number of alkyl halides is 5. The minimum absolute atomic E-state index is 0.299. The highest BCUT2D eigenvalue weighted by Crippen LogP contribution is 2.27. The lowest BCUT2D eigenvalue weighted by Gasteiger charge is -2.16. The molecule has 0 aliphatic rings. The van der Waals surface area contributed by atoms with Crippen LogP contribution in [0.1, 0.15) is 5.56 Å². The van der Waals surface area contributed by atoms with Gasteiger partial charge in [-0.05, 0) is 17.7 Å². The van der Waals surface area contributed by atoms with Crippen molar-refractivity contribution in [3.8, 4) is 5.75 Å². The second-order valence-electron chi connectivity index (χ2n) is 3.09. The van der Waals surface area contributed by atoms with E-state index in [0.717, 1.165) is 0 Å². The first-order chi connectivity index (χ1) is 7.95. The molecule has 0 unspecified atom stereocenters. The summed E-state index contributed by atoms with van der Waals surface area (Å²) in [5, 5.41) is 0.602. The van der Waals surface area contributed by atoms with Crippen LogP contribution in [-0.4, -0.2) is 17.9 Å². The van der Waals surface area contributed by atoms with Crippen LogP contribution in [0.15, 0.2) is 30.3 Å². The number of allylic oxidation sites excluding steroid dienone is 1. The molecule has 1 nitrogen and oxygen atoms in total. The van der Waals surface area contributed by atoms with Gasteiger partial charge in [0.15, 0.2) is 0 Å². The van der Waals surface area contributed by atoms with E-state index in [1.54, 1.807) is 18.2 Å². The fraction of sp³-hybridized carbons (Fsp3) is 0.273. The fourth-order valence-electron chi connectivity index (χ4n) is 1.06. The normalized spacial score (nSPS) is 12.4. The van der Waals surface area contributed by atoms with E-state index in [9.17, 15) is 17.6 Å². The minimum Gasteiger partial charge on any atom is -0.428 e. The van der Waals surface area contributed by atoms with Crippen LogP contribution in [0, 0.1) is 0 Å². The van der Waals surface area contributed by atoms with Crippen LogP contribution in [0.5, 0.6) is 5.75 Å². The zero-order valence-electron chi connectivity index (χ0n) is 8.55. The molecule has 17 heavy (non-hydrogen) atoms. The third kappa shape index (κ3) is 4.38. The molecule has 0 bridgehead atoms. The van der Waals surface area contributed by atoms with Gasteiger partial charge in [0, 0.05) is 5.33 Å². The van der Waals surface area contributed by atoms with Crippen molar-refractivity contribution >= 4 is 22.0 Å². The molecule has 0 N–H and O–H groups in total. The lowest BCUT2D eigenvalue weighted by Crippen LogP contribution is -2.33. The van der Waals surface area contributed by atoms with Gasteiger partial charge in [-0.2, -0.15) is 17.6 Å². The minimum atomic E-state index is -4.47. The Morgan fingerprint density at radius 2 is 2.06 bits per heavy atom. The largest absolute Gasteiger partial charge is 0.461 e. The maximum Gasteiger partial charge on any atom is 0.461 e. The zero-order valence-corrected chi connectivity index (χ0v) is 10.1. The van der Waals surface area contributed by atoms with E-state index in [4.69, 9.17) is 0 Å². The third-order valence-electron chi connectivity index (χ3n) is 1.77. The number of rotatable bonds is 5. The molecule has 1 rings (SSSR count). The van der Waals surface area contributed by atoms with Crippen LogP contribution in [0.3, 0.4) is 0 Å². The maximum absolute atomic E-state index is 12.6. The second kappa shape index (κ2) is 6.05. The first-order valence-corrected chi connectivity index (χ1v) is 5.75. The lowest BCUT2D eigenvalue weighted by atomic mass is 10.2. The van der Waals surface area contributed by atoms with Gasteiger partial charge in [0.05, 0.1) is 0 Å². The molecule has 1 aromatic carbocycles. The molecule has 0 aromatic heterocycles. The highest BCUT2D eigenvalue weighted by molar-refractivity contribution is 9.09. The quantitative estimate of drug-likeness (QED) is 0.581. The van der Waals surface area contributed by atoms with Gasteiger partial charge in [0.25, 0.3) is 0 Å². The van der Waals surface area contributed by atoms with E-state index in [0.29, 0.717) is 10.9 Å². The van der Waals surface area contributed by atoms with E-state index in [1.807, 2.05) is 0 Å². The van der Waals surface area contributed by atoms with E-state index < -0.39 is 12.5 Å². The van der Waals surface area contributed by atoms with Gasteiger partial charge in [0.2, 0.25) is 0 Å². The second-order valence-corrected chi connectivity index (χ2v) is 3.74. The van der Waals surface area contributed by atoms with Gasteiger partial charge in [-0.1, -0.05) is 40.2 Å². The summed E-state index contributed by atoms with van der Waals surface area (Å²) in [5.74, 6) is -0.299. The van der Waals surface area contributed by atoms with Crippen LogP contribution in [0.2, 0.25) is 0 Å². The number of hydrogen-bond acceptors (Lipinski definition) is 1. The highest BCUT2D eigenvalue weighted by Gasteiger charge is 2.43. The van der Waals surface area contributed by atoms with E-state index in [2.05, 4.69) is 20.7 Å². The summed E-state index contributed by atoms with van der Waals surface area (Å²) in [6.45, 7) is 0. The number of halogens is 5. The average molecular weight is 313 g/mol. The lowest BCUT2D eigenvalue weighted by molar-refractivity contribution is -0.253. The van der Waals surface area contributed by atoms with E-state index >= 15 is 0 Å². The van der Waals surface area contributed by atoms with Crippen molar-refractivity contribution in [1.29, 1.82) is 0 Å². The SMILES string of the molecule is FC(F)C(F)(F)Oc1cccc(C=CCBr)c1. The molecule has 6 heteroatoms. The van der Waals surface area contributed by atoms with Crippen molar-refractivity contribution in [2.75, 3.05) is 5.33 Å². The molecule has 0 heterocycles.